The SMILES string of the molecule is Cn1cc(C#N)cc1C(=O)NC1CCCCN(C(=O)OC(C)(C)C)C1. The molecule has 0 aliphatic carbocycles. The number of hydrogen-bond donors (Lipinski definition) is 1. The summed E-state index contributed by atoms with van der Waals surface area (Å²) in [7, 11) is 1.73. The summed E-state index contributed by atoms with van der Waals surface area (Å²) in [5.74, 6) is -0.236. The average Bonchev–Trinajstić information content (AvgIpc) is 2.73. The monoisotopic (exact) mass is 346 g/mol. The predicted octanol–water partition coefficient (Wildman–Crippen LogP) is 2.42. The topological polar surface area (TPSA) is 87.4 Å². The van der Waals surface area contributed by atoms with E-state index in [4.69, 9.17) is 10.00 Å². The van der Waals surface area contributed by atoms with Crippen molar-refractivity contribution in [2.24, 2.45) is 7.05 Å². The van der Waals surface area contributed by atoms with Gasteiger partial charge in [-0.25, -0.2) is 4.79 Å². The zero-order valence-corrected chi connectivity index (χ0v) is 15.3. The highest BCUT2D eigenvalue weighted by molar-refractivity contribution is 5.93. The largest absolute Gasteiger partial charge is 0.444 e. The van der Waals surface area contributed by atoms with Gasteiger partial charge in [0.1, 0.15) is 17.4 Å². The first-order chi connectivity index (χ1) is 11.7. The van der Waals surface area contributed by atoms with E-state index >= 15 is 0 Å². The number of hydrogen-bond acceptors (Lipinski definition) is 4. The quantitative estimate of drug-likeness (QED) is 0.891. The van der Waals surface area contributed by atoms with Gasteiger partial charge in [-0.1, -0.05) is 0 Å². The highest BCUT2D eigenvalue weighted by Gasteiger charge is 2.27. The fourth-order valence-electron chi connectivity index (χ4n) is 2.86. The molecule has 136 valence electrons. The molecule has 1 aliphatic heterocycles. The molecule has 0 spiro atoms. The highest BCUT2D eigenvalue weighted by Crippen LogP contribution is 2.16. The van der Waals surface area contributed by atoms with Crippen molar-refractivity contribution in [3.05, 3.63) is 23.5 Å². The highest BCUT2D eigenvalue weighted by atomic mass is 16.6. The first-order valence-electron chi connectivity index (χ1n) is 8.55. The normalized spacial score (nSPS) is 18.2. The third-order valence-corrected chi connectivity index (χ3v) is 4.02. The Hall–Kier alpha value is -2.49. The molecule has 1 unspecified atom stereocenters. The minimum absolute atomic E-state index is 0.136. The number of nitriles is 1. The van der Waals surface area contributed by atoms with Gasteiger partial charge in [0.2, 0.25) is 0 Å². The summed E-state index contributed by atoms with van der Waals surface area (Å²) in [6, 6.07) is 3.46. The van der Waals surface area contributed by atoms with Gasteiger partial charge in [0.25, 0.3) is 5.91 Å². The molecule has 1 aromatic heterocycles. The number of likely N-dealkylation sites (tertiary alicyclic amines) is 1. The van der Waals surface area contributed by atoms with Crippen LogP contribution >= 0.6 is 0 Å². The van der Waals surface area contributed by atoms with Crippen molar-refractivity contribution in [2.75, 3.05) is 13.1 Å². The summed E-state index contributed by atoms with van der Waals surface area (Å²) in [6.07, 6.45) is 3.89. The maximum Gasteiger partial charge on any atom is 0.410 e. The van der Waals surface area contributed by atoms with Crippen LogP contribution in [-0.4, -0.2) is 46.2 Å². The number of amides is 2. The molecule has 7 heteroatoms. The maximum atomic E-state index is 12.5. The number of nitrogens with one attached hydrogen (secondary N) is 1. The van der Waals surface area contributed by atoms with Gasteiger partial charge in [0.05, 0.1) is 5.56 Å². The van der Waals surface area contributed by atoms with Crippen LogP contribution in [0, 0.1) is 11.3 Å². The molecule has 25 heavy (non-hydrogen) atoms. The van der Waals surface area contributed by atoms with Crippen LogP contribution in [0.4, 0.5) is 4.79 Å². The van der Waals surface area contributed by atoms with Gasteiger partial charge in [-0.2, -0.15) is 5.26 Å². The lowest BCUT2D eigenvalue weighted by Gasteiger charge is -2.28. The van der Waals surface area contributed by atoms with Gasteiger partial charge >= 0.3 is 6.09 Å². The molecule has 2 heterocycles. The van der Waals surface area contributed by atoms with Crippen molar-refractivity contribution in [1.82, 2.24) is 14.8 Å². The standard InChI is InChI=1S/C18H26N4O3/c1-18(2,3)25-17(24)22-8-6-5-7-14(12-22)20-16(23)15-9-13(10-19)11-21(15)4/h9,11,14H,5-8,12H2,1-4H3,(H,20,23). The smallest absolute Gasteiger partial charge is 0.410 e. The molecule has 7 nitrogen and oxygen atoms in total. The minimum Gasteiger partial charge on any atom is -0.444 e. The van der Waals surface area contributed by atoms with Crippen LogP contribution in [0.5, 0.6) is 0 Å². The predicted molar refractivity (Wildman–Crippen MR) is 93.0 cm³/mol. The van der Waals surface area contributed by atoms with Gasteiger partial charge in [-0.05, 0) is 46.1 Å². The zero-order valence-electron chi connectivity index (χ0n) is 15.3. The zero-order chi connectivity index (χ0) is 18.6. The van der Waals surface area contributed by atoms with E-state index in [0.717, 1.165) is 19.3 Å². The Balaban J connectivity index is 2.03. The molecular weight excluding hydrogens is 320 g/mol. The number of aryl methyl sites for hydroxylation is 1. The molecule has 0 aromatic carbocycles. The van der Waals surface area contributed by atoms with Crippen molar-refractivity contribution in [3.63, 3.8) is 0 Å². The number of ether oxygens (including phenoxy) is 1. The van der Waals surface area contributed by atoms with Crippen LogP contribution in [0.25, 0.3) is 0 Å². The van der Waals surface area contributed by atoms with E-state index in [1.165, 1.54) is 0 Å². The summed E-state index contributed by atoms with van der Waals surface area (Å²) in [5, 5.41) is 11.9. The Kier molecular flexibility index (Phi) is 5.73. The molecule has 0 saturated carbocycles. The van der Waals surface area contributed by atoms with Crippen LogP contribution in [0.3, 0.4) is 0 Å². The van der Waals surface area contributed by atoms with Crippen LogP contribution in [0.1, 0.15) is 56.1 Å². The average molecular weight is 346 g/mol. The number of rotatable bonds is 2. The van der Waals surface area contributed by atoms with Gasteiger partial charge in [-0.3, -0.25) is 4.79 Å². The number of carbonyl (C=O) groups excluding carboxylic acids is 2. The molecule has 1 fully saturated rings. The molecule has 2 rings (SSSR count). The summed E-state index contributed by atoms with van der Waals surface area (Å²) in [5.41, 5.74) is 0.340. The fourth-order valence-corrected chi connectivity index (χ4v) is 2.86. The van der Waals surface area contributed by atoms with Crippen LogP contribution in [0.2, 0.25) is 0 Å². The third-order valence-electron chi connectivity index (χ3n) is 4.02. The lowest BCUT2D eigenvalue weighted by atomic mass is 10.1. The second-order valence-electron chi connectivity index (χ2n) is 7.43. The fraction of sp³-hybridized carbons (Fsp3) is 0.611. The summed E-state index contributed by atoms with van der Waals surface area (Å²) in [6.45, 7) is 6.57. The van der Waals surface area contributed by atoms with E-state index in [0.29, 0.717) is 24.3 Å². The van der Waals surface area contributed by atoms with Gasteiger partial charge in [0, 0.05) is 32.4 Å². The first kappa shape index (κ1) is 18.8. The molecule has 1 atom stereocenters. The van der Waals surface area contributed by atoms with Crippen molar-refractivity contribution >= 4 is 12.0 Å². The molecule has 1 aliphatic rings. The number of nitrogens with zero attached hydrogens (tertiary/aromatic N) is 3. The summed E-state index contributed by atoms with van der Waals surface area (Å²) < 4.78 is 7.08. The van der Waals surface area contributed by atoms with Crippen molar-refractivity contribution in [3.8, 4) is 6.07 Å². The van der Waals surface area contributed by atoms with E-state index in [2.05, 4.69) is 5.32 Å². The number of carbonyl (C=O) groups is 2. The van der Waals surface area contributed by atoms with Crippen LogP contribution in [-0.2, 0) is 11.8 Å². The molecule has 0 bridgehead atoms. The van der Waals surface area contributed by atoms with E-state index in [1.807, 2.05) is 26.8 Å². The molecule has 0 radical (unpaired) electrons. The van der Waals surface area contributed by atoms with Crippen molar-refractivity contribution in [2.45, 2.75) is 51.7 Å². The van der Waals surface area contributed by atoms with E-state index in [9.17, 15) is 9.59 Å². The first-order valence-corrected chi connectivity index (χ1v) is 8.55. The molecular formula is C18H26N4O3. The maximum absolute atomic E-state index is 12.5. The Bertz CT molecular complexity index is 681. The number of aromatic nitrogens is 1. The van der Waals surface area contributed by atoms with Crippen molar-refractivity contribution in [1.29, 1.82) is 5.26 Å². The minimum atomic E-state index is -0.543. The van der Waals surface area contributed by atoms with Gasteiger partial charge in [0.15, 0.2) is 0 Å². The summed E-state index contributed by atoms with van der Waals surface area (Å²) in [4.78, 5) is 26.5. The van der Waals surface area contributed by atoms with E-state index in [1.54, 1.807) is 28.8 Å². The summed E-state index contributed by atoms with van der Waals surface area (Å²) >= 11 is 0. The van der Waals surface area contributed by atoms with Crippen LogP contribution < -0.4 is 5.32 Å². The lowest BCUT2D eigenvalue weighted by Crippen LogP contribution is -2.46. The third kappa shape index (κ3) is 5.24. The van der Waals surface area contributed by atoms with E-state index < -0.39 is 5.60 Å². The second-order valence-corrected chi connectivity index (χ2v) is 7.43. The Morgan fingerprint density at radius 3 is 2.68 bits per heavy atom. The molecule has 2 amide bonds. The van der Waals surface area contributed by atoms with Gasteiger partial charge < -0.3 is 19.5 Å². The lowest BCUT2D eigenvalue weighted by molar-refractivity contribution is 0.0242. The second kappa shape index (κ2) is 7.60. The van der Waals surface area contributed by atoms with Gasteiger partial charge in [-0.15, -0.1) is 0 Å². The Morgan fingerprint density at radius 2 is 2.08 bits per heavy atom. The Morgan fingerprint density at radius 1 is 1.36 bits per heavy atom. The van der Waals surface area contributed by atoms with Crippen LogP contribution in [0.15, 0.2) is 12.3 Å². The molecule has 1 saturated heterocycles. The molecule has 1 aromatic rings. The van der Waals surface area contributed by atoms with E-state index in [-0.39, 0.29) is 18.0 Å². The van der Waals surface area contributed by atoms with Crippen molar-refractivity contribution < 1.29 is 14.3 Å². The Labute approximate surface area is 148 Å². The molecule has 1 N–H and O–H groups in total.